The number of nitrogens with zero attached hydrogens (tertiary/aromatic N) is 3. The summed E-state index contributed by atoms with van der Waals surface area (Å²) in [4.78, 5) is 23.4. The van der Waals surface area contributed by atoms with E-state index in [2.05, 4.69) is 32.7 Å². The van der Waals surface area contributed by atoms with Crippen molar-refractivity contribution in [3.8, 4) is 11.3 Å². The Morgan fingerprint density at radius 1 is 1.12 bits per heavy atom. The van der Waals surface area contributed by atoms with Gasteiger partial charge in [-0.3, -0.25) is 4.79 Å². The normalized spacial score (nSPS) is 15.8. The molecule has 34 heavy (non-hydrogen) atoms. The van der Waals surface area contributed by atoms with Crippen molar-refractivity contribution in [3.05, 3.63) is 78.3 Å². The third-order valence-electron chi connectivity index (χ3n) is 5.69. The Balaban J connectivity index is 0.00000324. The summed E-state index contributed by atoms with van der Waals surface area (Å²) in [5, 5.41) is 6.63. The van der Waals surface area contributed by atoms with Crippen molar-refractivity contribution in [2.45, 2.75) is 26.3 Å². The maximum Gasteiger partial charge on any atom is 0.223 e. The maximum absolute atomic E-state index is 12.4. The minimum atomic E-state index is 0. The molecule has 1 saturated heterocycles. The van der Waals surface area contributed by atoms with Crippen LogP contribution in [0.5, 0.6) is 0 Å². The van der Waals surface area contributed by atoms with Gasteiger partial charge in [0.15, 0.2) is 11.7 Å². The van der Waals surface area contributed by atoms with Gasteiger partial charge >= 0.3 is 0 Å². The highest BCUT2D eigenvalue weighted by Gasteiger charge is 2.29. The molecule has 2 heterocycles. The molecule has 180 valence electrons. The summed E-state index contributed by atoms with van der Waals surface area (Å²) in [5.74, 6) is 2.50. The third kappa shape index (κ3) is 7.31. The van der Waals surface area contributed by atoms with Gasteiger partial charge in [-0.15, -0.1) is 24.0 Å². The van der Waals surface area contributed by atoms with E-state index in [0.29, 0.717) is 31.4 Å². The quantitative estimate of drug-likeness (QED) is 0.229. The summed E-state index contributed by atoms with van der Waals surface area (Å²) in [5.41, 5.74) is 2.25. The molecule has 8 heteroatoms. The molecule has 0 aliphatic carbocycles. The topological polar surface area (TPSA) is 82.8 Å². The van der Waals surface area contributed by atoms with Crippen molar-refractivity contribution in [1.29, 1.82) is 0 Å². The molecule has 1 unspecified atom stereocenters. The van der Waals surface area contributed by atoms with Crippen molar-refractivity contribution in [2.24, 2.45) is 10.9 Å². The monoisotopic (exact) mass is 573 g/mol. The second-order valence-electron chi connectivity index (χ2n) is 8.21. The minimum absolute atomic E-state index is 0. The van der Waals surface area contributed by atoms with Crippen LogP contribution in [0.2, 0.25) is 0 Å². The fourth-order valence-corrected chi connectivity index (χ4v) is 3.96. The molecule has 1 aliphatic rings. The summed E-state index contributed by atoms with van der Waals surface area (Å²) in [6.07, 6.45) is 3.19. The molecule has 0 radical (unpaired) electrons. The van der Waals surface area contributed by atoms with Gasteiger partial charge in [-0.05, 0) is 18.9 Å². The van der Waals surface area contributed by atoms with Crippen LogP contribution in [0.3, 0.4) is 0 Å². The Hall–Kier alpha value is -2.88. The van der Waals surface area contributed by atoms with Crippen LogP contribution in [-0.2, 0) is 17.8 Å². The summed E-state index contributed by atoms with van der Waals surface area (Å²) in [6.45, 7) is 5.36. The number of likely N-dealkylation sites (tertiary alicyclic amines) is 1. The van der Waals surface area contributed by atoms with Gasteiger partial charge in [-0.1, -0.05) is 60.7 Å². The third-order valence-corrected chi connectivity index (χ3v) is 5.69. The van der Waals surface area contributed by atoms with Gasteiger partial charge in [-0.2, -0.15) is 0 Å². The van der Waals surface area contributed by atoms with Crippen LogP contribution in [-0.4, -0.2) is 47.9 Å². The molecule has 1 aliphatic heterocycles. The van der Waals surface area contributed by atoms with Gasteiger partial charge in [0.1, 0.15) is 6.54 Å². The van der Waals surface area contributed by atoms with Crippen LogP contribution in [0, 0.1) is 5.92 Å². The molecule has 4 rings (SSSR count). The lowest BCUT2D eigenvalue weighted by molar-refractivity contribution is -0.127. The van der Waals surface area contributed by atoms with Crippen molar-refractivity contribution in [1.82, 2.24) is 20.5 Å². The average molecular weight is 573 g/mol. The Morgan fingerprint density at radius 3 is 2.59 bits per heavy atom. The first kappa shape index (κ1) is 25.7. The molecule has 1 fully saturated rings. The molecule has 2 N–H and O–H groups in total. The molecule has 0 saturated carbocycles. The Morgan fingerprint density at radius 2 is 1.85 bits per heavy atom. The zero-order valence-electron chi connectivity index (χ0n) is 19.4. The second-order valence-corrected chi connectivity index (χ2v) is 8.21. The molecule has 3 aromatic rings. The highest BCUT2D eigenvalue weighted by atomic mass is 127. The van der Waals surface area contributed by atoms with E-state index in [1.165, 1.54) is 5.56 Å². The predicted octanol–water partition coefficient (Wildman–Crippen LogP) is 4.11. The van der Waals surface area contributed by atoms with E-state index >= 15 is 0 Å². The fraction of sp³-hybridized carbons (Fsp3) is 0.346. The molecule has 1 aromatic heterocycles. The number of nitrogens with one attached hydrogen (secondary N) is 2. The number of carbonyl (C=O) groups is 1. The lowest BCUT2D eigenvalue weighted by Crippen LogP contribution is -2.40. The van der Waals surface area contributed by atoms with Gasteiger partial charge in [-0.25, -0.2) is 9.98 Å². The second kappa shape index (κ2) is 13.1. The first-order valence-corrected chi connectivity index (χ1v) is 11.5. The van der Waals surface area contributed by atoms with E-state index in [-0.39, 0.29) is 35.8 Å². The standard InChI is InChI=1S/C26H31N5O2.HI/c1-2-27-26(30-18-24-28-17-23(33-24)22-11-7-4-8-12-22)29-16-21-15-25(32)31(19-21)14-13-20-9-5-3-6-10-20;/h3-12,17,21H,2,13-16,18-19H2,1H3,(H2,27,29,30);1H. The lowest BCUT2D eigenvalue weighted by Gasteiger charge is -2.17. The highest BCUT2D eigenvalue weighted by Crippen LogP contribution is 2.20. The number of benzene rings is 2. The number of hydrogen-bond acceptors (Lipinski definition) is 4. The summed E-state index contributed by atoms with van der Waals surface area (Å²) in [7, 11) is 0. The zero-order valence-corrected chi connectivity index (χ0v) is 21.8. The number of halogens is 1. The van der Waals surface area contributed by atoms with Gasteiger partial charge in [0.25, 0.3) is 0 Å². The van der Waals surface area contributed by atoms with E-state index in [0.717, 1.165) is 37.4 Å². The van der Waals surface area contributed by atoms with Crippen molar-refractivity contribution >= 4 is 35.8 Å². The Bertz CT molecular complexity index is 1060. The number of oxazole rings is 1. The number of guanidine groups is 1. The molecular weight excluding hydrogens is 541 g/mol. The predicted molar refractivity (Wildman–Crippen MR) is 145 cm³/mol. The van der Waals surface area contributed by atoms with E-state index in [1.54, 1.807) is 6.20 Å². The largest absolute Gasteiger partial charge is 0.439 e. The Kier molecular flexibility index (Phi) is 9.93. The average Bonchev–Trinajstić information content (AvgIpc) is 3.47. The van der Waals surface area contributed by atoms with Gasteiger partial charge in [0.05, 0.1) is 6.20 Å². The minimum Gasteiger partial charge on any atom is -0.439 e. The number of carbonyl (C=O) groups excluding carboxylic acids is 1. The van der Waals surface area contributed by atoms with Crippen LogP contribution in [0.1, 0.15) is 24.8 Å². The van der Waals surface area contributed by atoms with Gasteiger partial charge in [0, 0.05) is 44.1 Å². The number of rotatable bonds is 9. The van der Waals surface area contributed by atoms with Gasteiger partial charge < -0.3 is 20.0 Å². The summed E-state index contributed by atoms with van der Waals surface area (Å²) in [6, 6.07) is 20.2. The molecule has 1 amide bonds. The first-order valence-electron chi connectivity index (χ1n) is 11.5. The molecule has 2 aromatic carbocycles. The summed E-state index contributed by atoms with van der Waals surface area (Å²) >= 11 is 0. The summed E-state index contributed by atoms with van der Waals surface area (Å²) < 4.78 is 5.84. The molecular formula is C26H32IN5O2. The first-order chi connectivity index (χ1) is 16.2. The van der Waals surface area contributed by atoms with Crippen molar-refractivity contribution in [3.63, 3.8) is 0 Å². The van der Waals surface area contributed by atoms with Crippen LogP contribution in [0.15, 0.2) is 76.3 Å². The van der Waals surface area contributed by atoms with Crippen molar-refractivity contribution in [2.75, 3.05) is 26.2 Å². The van der Waals surface area contributed by atoms with Crippen LogP contribution >= 0.6 is 24.0 Å². The van der Waals surface area contributed by atoms with Crippen LogP contribution in [0.4, 0.5) is 0 Å². The SMILES string of the molecule is CCNC(=NCc1ncc(-c2ccccc2)o1)NCC1CC(=O)N(CCc2ccccc2)C1.I. The Labute approximate surface area is 218 Å². The fourth-order valence-electron chi connectivity index (χ4n) is 3.96. The van der Waals surface area contributed by atoms with Crippen LogP contribution < -0.4 is 10.6 Å². The van der Waals surface area contributed by atoms with E-state index < -0.39 is 0 Å². The molecule has 7 nitrogen and oxygen atoms in total. The number of aliphatic imine (C=N–C) groups is 1. The molecule has 1 atom stereocenters. The zero-order chi connectivity index (χ0) is 22.9. The molecule has 0 spiro atoms. The number of amides is 1. The van der Waals surface area contributed by atoms with Crippen LogP contribution in [0.25, 0.3) is 11.3 Å². The molecule has 0 bridgehead atoms. The van der Waals surface area contributed by atoms with E-state index in [9.17, 15) is 4.79 Å². The highest BCUT2D eigenvalue weighted by molar-refractivity contribution is 14.0. The van der Waals surface area contributed by atoms with Crippen molar-refractivity contribution < 1.29 is 9.21 Å². The number of hydrogen-bond donors (Lipinski definition) is 2. The smallest absolute Gasteiger partial charge is 0.223 e. The maximum atomic E-state index is 12.4. The lowest BCUT2D eigenvalue weighted by atomic mass is 10.1. The number of aromatic nitrogens is 1. The van der Waals surface area contributed by atoms with E-state index in [4.69, 9.17) is 4.42 Å². The van der Waals surface area contributed by atoms with E-state index in [1.807, 2.05) is 60.4 Å². The van der Waals surface area contributed by atoms with Gasteiger partial charge in [0.2, 0.25) is 11.8 Å².